The summed E-state index contributed by atoms with van der Waals surface area (Å²) >= 11 is 7.88. The fraction of sp³-hybridized carbons (Fsp3) is 0.348. The largest absolute Gasteiger partial charge is 0.376 e. The molecule has 0 aliphatic carbocycles. The topological polar surface area (TPSA) is 62.7 Å². The van der Waals surface area contributed by atoms with Gasteiger partial charge in [0.05, 0.1) is 33.6 Å². The lowest BCUT2D eigenvalue weighted by Crippen LogP contribution is -2.37. The third kappa shape index (κ3) is 4.05. The first-order chi connectivity index (χ1) is 15.1. The van der Waals surface area contributed by atoms with Crippen LogP contribution >= 0.6 is 22.9 Å². The summed E-state index contributed by atoms with van der Waals surface area (Å²) in [5.74, 6) is -0.131. The van der Waals surface area contributed by atoms with E-state index in [2.05, 4.69) is 0 Å². The lowest BCUT2D eigenvalue weighted by atomic mass is 10.1. The van der Waals surface area contributed by atoms with E-state index in [1.54, 1.807) is 28.0 Å². The molecular weight excluding hydrogens is 434 g/mol. The monoisotopic (exact) mass is 455 g/mol. The molecule has 0 unspecified atom stereocenters. The van der Waals surface area contributed by atoms with Gasteiger partial charge in [0, 0.05) is 25.1 Å². The van der Waals surface area contributed by atoms with Gasteiger partial charge < -0.3 is 9.64 Å². The molecule has 6 nitrogen and oxygen atoms in total. The van der Waals surface area contributed by atoms with Gasteiger partial charge in [-0.3, -0.25) is 14.5 Å². The number of ether oxygens (including phenoxy) is 1. The number of fused-ring (bicyclic) bond motifs is 1. The van der Waals surface area contributed by atoms with Crippen molar-refractivity contribution in [1.82, 2.24) is 4.98 Å². The average molecular weight is 456 g/mol. The zero-order valence-corrected chi connectivity index (χ0v) is 18.5. The van der Waals surface area contributed by atoms with E-state index in [-0.39, 0.29) is 17.9 Å². The molecule has 0 saturated carbocycles. The second-order valence-electron chi connectivity index (χ2n) is 7.83. The van der Waals surface area contributed by atoms with Gasteiger partial charge >= 0.3 is 0 Å². The van der Waals surface area contributed by atoms with Crippen LogP contribution in [0.3, 0.4) is 0 Å². The number of thiazole rings is 1. The van der Waals surface area contributed by atoms with Crippen molar-refractivity contribution in [2.45, 2.75) is 31.8 Å². The molecule has 8 heteroatoms. The van der Waals surface area contributed by atoms with Crippen LogP contribution in [0.1, 0.15) is 36.0 Å². The Morgan fingerprint density at radius 1 is 1.26 bits per heavy atom. The average Bonchev–Trinajstić information content (AvgIpc) is 3.52. The lowest BCUT2D eigenvalue weighted by Gasteiger charge is -2.24. The third-order valence-electron chi connectivity index (χ3n) is 5.73. The predicted molar refractivity (Wildman–Crippen MR) is 123 cm³/mol. The van der Waals surface area contributed by atoms with Gasteiger partial charge in [-0.15, -0.1) is 0 Å². The van der Waals surface area contributed by atoms with Crippen LogP contribution in [0, 0.1) is 0 Å². The molecule has 2 aliphatic heterocycles. The Bertz CT molecular complexity index is 1110. The number of benzene rings is 2. The molecule has 3 heterocycles. The van der Waals surface area contributed by atoms with Crippen molar-refractivity contribution in [3.05, 3.63) is 53.1 Å². The number of carbonyl (C=O) groups is 2. The van der Waals surface area contributed by atoms with Crippen LogP contribution in [-0.2, 0) is 9.53 Å². The van der Waals surface area contributed by atoms with Crippen LogP contribution in [-0.4, -0.2) is 42.6 Å². The Morgan fingerprint density at radius 3 is 2.87 bits per heavy atom. The van der Waals surface area contributed by atoms with Gasteiger partial charge in [0.2, 0.25) is 5.91 Å². The minimum absolute atomic E-state index is 0.0112. The van der Waals surface area contributed by atoms with E-state index in [0.29, 0.717) is 47.5 Å². The molecular formula is C23H22ClN3O3S. The van der Waals surface area contributed by atoms with Crippen LogP contribution in [0.5, 0.6) is 0 Å². The number of amides is 2. The fourth-order valence-corrected chi connectivity index (χ4v) is 5.32. The van der Waals surface area contributed by atoms with Gasteiger partial charge in [-0.25, -0.2) is 4.98 Å². The fourth-order valence-electron chi connectivity index (χ4n) is 4.13. The molecule has 1 atom stereocenters. The normalized spacial score (nSPS) is 18.8. The van der Waals surface area contributed by atoms with Crippen molar-refractivity contribution < 1.29 is 14.3 Å². The zero-order valence-electron chi connectivity index (χ0n) is 16.9. The van der Waals surface area contributed by atoms with Crippen molar-refractivity contribution in [3.63, 3.8) is 0 Å². The van der Waals surface area contributed by atoms with Crippen LogP contribution in [0.25, 0.3) is 10.2 Å². The summed E-state index contributed by atoms with van der Waals surface area (Å²) in [5.41, 5.74) is 1.94. The Morgan fingerprint density at radius 2 is 2.13 bits per heavy atom. The van der Waals surface area contributed by atoms with E-state index in [0.717, 1.165) is 29.5 Å². The maximum Gasteiger partial charge on any atom is 0.260 e. The zero-order chi connectivity index (χ0) is 21.4. The number of anilines is 2. The summed E-state index contributed by atoms with van der Waals surface area (Å²) in [6.07, 6.45) is 3.20. The molecule has 2 amide bonds. The highest BCUT2D eigenvalue weighted by molar-refractivity contribution is 7.22. The molecule has 160 valence electrons. The molecule has 0 radical (unpaired) electrons. The quantitative estimate of drug-likeness (QED) is 0.548. The van der Waals surface area contributed by atoms with E-state index < -0.39 is 0 Å². The van der Waals surface area contributed by atoms with Crippen LogP contribution < -0.4 is 9.80 Å². The number of hydrogen-bond acceptors (Lipinski definition) is 5. The standard InChI is InChI=1S/C23H22ClN3O3S/c24-17-10-9-15(13-19(17)26-11-3-8-21(26)28)22(29)27(14-16-5-4-12-30-16)23-25-18-6-1-2-7-20(18)31-23/h1-2,6-7,9-10,13,16H,3-5,8,11-12,14H2/t16-/m1/s1. The van der Waals surface area contributed by atoms with Crippen molar-refractivity contribution >= 4 is 55.8 Å². The highest BCUT2D eigenvalue weighted by atomic mass is 35.5. The summed E-state index contributed by atoms with van der Waals surface area (Å²) in [4.78, 5) is 34.0. The van der Waals surface area contributed by atoms with E-state index in [9.17, 15) is 9.59 Å². The van der Waals surface area contributed by atoms with Gasteiger partial charge in [0.15, 0.2) is 5.13 Å². The van der Waals surface area contributed by atoms with Crippen molar-refractivity contribution in [3.8, 4) is 0 Å². The van der Waals surface area contributed by atoms with Crippen LogP contribution in [0.15, 0.2) is 42.5 Å². The predicted octanol–water partition coefficient (Wildman–Crippen LogP) is 4.90. The number of para-hydroxylation sites is 1. The number of nitrogens with zero attached hydrogens (tertiary/aromatic N) is 3. The molecule has 2 saturated heterocycles. The SMILES string of the molecule is O=C(c1ccc(Cl)c(N2CCCC2=O)c1)N(C[C@H]1CCCO1)c1nc2ccccc2s1. The Kier molecular flexibility index (Phi) is 5.65. The van der Waals surface area contributed by atoms with E-state index in [4.69, 9.17) is 21.3 Å². The van der Waals surface area contributed by atoms with Gasteiger partial charge in [-0.2, -0.15) is 0 Å². The lowest BCUT2D eigenvalue weighted by molar-refractivity contribution is -0.117. The summed E-state index contributed by atoms with van der Waals surface area (Å²) in [6.45, 7) is 1.78. The summed E-state index contributed by atoms with van der Waals surface area (Å²) in [5, 5.41) is 1.12. The number of hydrogen-bond donors (Lipinski definition) is 0. The summed E-state index contributed by atoms with van der Waals surface area (Å²) in [6, 6.07) is 13.0. The molecule has 0 N–H and O–H groups in total. The Balaban J connectivity index is 1.51. The molecule has 31 heavy (non-hydrogen) atoms. The first-order valence-corrected chi connectivity index (χ1v) is 11.7. The molecule has 5 rings (SSSR count). The summed E-state index contributed by atoms with van der Waals surface area (Å²) < 4.78 is 6.84. The number of aromatic nitrogens is 1. The van der Waals surface area contributed by atoms with E-state index in [1.807, 2.05) is 24.3 Å². The number of rotatable bonds is 5. The van der Waals surface area contributed by atoms with Gasteiger partial charge in [0.1, 0.15) is 0 Å². The molecule has 0 spiro atoms. The molecule has 2 aromatic carbocycles. The van der Waals surface area contributed by atoms with Crippen molar-refractivity contribution in [2.24, 2.45) is 0 Å². The molecule has 2 fully saturated rings. The van der Waals surface area contributed by atoms with Gasteiger partial charge in [-0.1, -0.05) is 35.1 Å². The van der Waals surface area contributed by atoms with E-state index >= 15 is 0 Å². The highest BCUT2D eigenvalue weighted by Crippen LogP contribution is 2.34. The van der Waals surface area contributed by atoms with Crippen molar-refractivity contribution in [2.75, 3.05) is 29.5 Å². The smallest absolute Gasteiger partial charge is 0.260 e. The second kappa shape index (κ2) is 8.57. The van der Waals surface area contributed by atoms with E-state index in [1.165, 1.54) is 11.3 Å². The first kappa shape index (κ1) is 20.4. The van der Waals surface area contributed by atoms with Crippen LogP contribution in [0.2, 0.25) is 5.02 Å². The Labute approximate surface area is 189 Å². The minimum Gasteiger partial charge on any atom is -0.376 e. The third-order valence-corrected chi connectivity index (χ3v) is 7.11. The minimum atomic E-state index is -0.167. The second-order valence-corrected chi connectivity index (χ2v) is 9.25. The molecule has 0 bridgehead atoms. The van der Waals surface area contributed by atoms with Crippen molar-refractivity contribution in [1.29, 1.82) is 0 Å². The number of halogens is 1. The maximum atomic E-state index is 13.7. The van der Waals surface area contributed by atoms with Gasteiger partial charge in [0.25, 0.3) is 5.91 Å². The van der Waals surface area contributed by atoms with Gasteiger partial charge in [-0.05, 0) is 49.6 Å². The summed E-state index contributed by atoms with van der Waals surface area (Å²) in [7, 11) is 0. The molecule has 1 aromatic heterocycles. The molecule has 2 aliphatic rings. The maximum absolute atomic E-state index is 13.7. The number of carbonyl (C=O) groups excluding carboxylic acids is 2. The first-order valence-electron chi connectivity index (χ1n) is 10.5. The highest BCUT2D eigenvalue weighted by Gasteiger charge is 2.29. The van der Waals surface area contributed by atoms with Crippen LogP contribution in [0.4, 0.5) is 10.8 Å². The Hall–Kier alpha value is -2.48. The molecule has 3 aromatic rings.